The fourth-order valence-corrected chi connectivity index (χ4v) is 4.22. The minimum atomic E-state index is -3.73. The van der Waals surface area contributed by atoms with E-state index in [2.05, 4.69) is 10.5 Å². The van der Waals surface area contributed by atoms with E-state index in [0.717, 1.165) is 0 Å². The lowest BCUT2D eigenvalue weighted by molar-refractivity contribution is 0.0696. The number of hydrogen-bond donors (Lipinski definition) is 2. The number of carboxylic acids is 1. The Kier molecular flexibility index (Phi) is 6.37. The van der Waals surface area contributed by atoms with Crippen LogP contribution in [0.25, 0.3) is 0 Å². The summed E-state index contributed by atoms with van der Waals surface area (Å²) in [6.07, 6.45) is 1.22. The lowest BCUT2D eigenvalue weighted by Gasteiger charge is -2.26. The second-order valence-electron chi connectivity index (χ2n) is 6.14. The maximum Gasteiger partial charge on any atom is 0.336 e. The molecule has 1 saturated heterocycles. The zero-order chi connectivity index (χ0) is 20.9. The van der Waals surface area contributed by atoms with Crippen LogP contribution in [-0.4, -0.2) is 62.2 Å². The Morgan fingerprint density at radius 1 is 1.10 bits per heavy atom. The molecule has 1 aliphatic heterocycles. The first-order valence-electron chi connectivity index (χ1n) is 8.73. The first kappa shape index (κ1) is 20.6. The molecule has 0 aliphatic carbocycles. The molecule has 0 radical (unpaired) electrons. The van der Waals surface area contributed by atoms with Crippen LogP contribution in [0.3, 0.4) is 0 Å². The van der Waals surface area contributed by atoms with Gasteiger partial charge in [-0.05, 0) is 24.3 Å². The van der Waals surface area contributed by atoms with Crippen LogP contribution in [0, 0.1) is 0 Å². The summed E-state index contributed by atoms with van der Waals surface area (Å²) in [5.41, 5.74) is 2.76. The second kappa shape index (κ2) is 8.95. The van der Waals surface area contributed by atoms with Gasteiger partial charge >= 0.3 is 5.97 Å². The molecular formula is C19H19N3O6S. The Morgan fingerprint density at radius 2 is 1.83 bits per heavy atom. The van der Waals surface area contributed by atoms with Gasteiger partial charge in [-0.1, -0.05) is 24.3 Å². The summed E-state index contributed by atoms with van der Waals surface area (Å²) < 4.78 is 31.9. The maximum absolute atomic E-state index is 12.7. The molecule has 2 N–H and O–H groups in total. The van der Waals surface area contributed by atoms with Gasteiger partial charge in [0.1, 0.15) is 0 Å². The van der Waals surface area contributed by atoms with Crippen LogP contribution < -0.4 is 5.43 Å². The number of sulfonamides is 1. The Hall–Kier alpha value is -3.08. The Morgan fingerprint density at radius 3 is 2.55 bits per heavy atom. The number of rotatable bonds is 6. The normalized spacial score (nSPS) is 15.3. The molecule has 9 nitrogen and oxygen atoms in total. The standard InChI is InChI=1S/C19H19N3O6S/c23-18(21-20-13-15-4-1-2-7-17(15)19(24)25)14-5-3-6-16(12-14)29(26,27)22-8-10-28-11-9-22/h1-7,12-13H,8-11H2,(H,21,23)(H,24,25)/b20-13-. The quantitative estimate of drug-likeness (QED) is 0.537. The Balaban J connectivity index is 1.74. The molecular weight excluding hydrogens is 398 g/mol. The summed E-state index contributed by atoms with van der Waals surface area (Å²) in [5.74, 6) is -1.73. The highest BCUT2D eigenvalue weighted by Gasteiger charge is 2.26. The first-order valence-corrected chi connectivity index (χ1v) is 10.2. The first-order chi connectivity index (χ1) is 13.9. The van der Waals surface area contributed by atoms with Crippen molar-refractivity contribution in [3.05, 3.63) is 65.2 Å². The van der Waals surface area contributed by atoms with Gasteiger partial charge in [0.25, 0.3) is 5.91 Å². The van der Waals surface area contributed by atoms with Crippen LogP contribution in [0.15, 0.2) is 58.5 Å². The van der Waals surface area contributed by atoms with Crippen LogP contribution in [0.4, 0.5) is 0 Å². The van der Waals surface area contributed by atoms with Gasteiger partial charge < -0.3 is 9.84 Å². The molecule has 2 aromatic rings. The number of carbonyl (C=O) groups is 2. The van der Waals surface area contributed by atoms with Crippen molar-refractivity contribution in [2.75, 3.05) is 26.3 Å². The fraction of sp³-hybridized carbons (Fsp3) is 0.211. The average Bonchev–Trinajstić information content (AvgIpc) is 2.74. The highest BCUT2D eigenvalue weighted by atomic mass is 32.2. The molecule has 0 aromatic heterocycles. The summed E-state index contributed by atoms with van der Waals surface area (Å²) in [6, 6.07) is 11.9. The molecule has 0 bridgehead atoms. The van der Waals surface area contributed by atoms with Gasteiger partial charge in [0, 0.05) is 24.2 Å². The van der Waals surface area contributed by atoms with Gasteiger partial charge in [-0.3, -0.25) is 4.79 Å². The molecule has 2 aromatic carbocycles. The predicted octanol–water partition coefficient (Wildman–Crippen LogP) is 1.17. The van der Waals surface area contributed by atoms with E-state index in [1.165, 1.54) is 40.9 Å². The highest BCUT2D eigenvalue weighted by Crippen LogP contribution is 2.18. The number of carbonyl (C=O) groups excluding carboxylic acids is 1. The molecule has 0 unspecified atom stereocenters. The third-order valence-electron chi connectivity index (χ3n) is 4.26. The van der Waals surface area contributed by atoms with E-state index in [9.17, 15) is 18.0 Å². The molecule has 1 heterocycles. The number of morpholine rings is 1. The summed E-state index contributed by atoms with van der Waals surface area (Å²) in [7, 11) is -3.73. The van der Waals surface area contributed by atoms with Gasteiger partial charge in [0.15, 0.2) is 0 Å². The van der Waals surface area contributed by atoms with E-state index in [1.807, 2.05) is 0 Å². The Labute approximate surface area is 167 Å². The van der Waals surface area contributed by atoms with Gasteiger partial charge in [0.2, 0.25) is 10.0 Å². The third-order valence-corrected chi connectivity index (χ3v) is 6.16. The summed E-state index contributed by atoms with van der Waals surface area (Å²) in [4.78, 5) is 23.5. The summed E-state index contributed by atoms with van der Waals surface area (Å²) in [6.45, 7) is 1.16. The largest absolute Gasteiger partial charge is 0.478 e. The topological polar surface area (TPSA) is 125 Å². The molecule has 1 aliphatic rings. The van der Waals surface area contributed by atoms with Crippen molar-refractivity contribution < 1.29 is 27.9 Å². The second-order valence-corrected chi connectivity index (χ2v) is 8.07. The van der Waals surface area contributed by atoms with Gasteiger partial charge in [-0.2, -0.15) is 9.41 Å². The number of ether oxygens (including phenoxy) is 1. The molecule has 29 heavy (non-hydrogen) atoms. The number of amides is 1. The van der Waals surface area contributed by atoms with E-state index >= 15 is 0 Å². The summed E-state index contributed by atoms with van der Waals surface area (Å²) in [5, 5.41) is 12.9. The lowest BCUT2D eigenvalue weighted by Crippen LogP contribution is -2.40. The van der Waals surface area contributed by atoms with E-state index in [-0.39, 0.29) is 29.1 Å². The van der Waals surface area contributed by atoms with E-state index in [1.54, 1.807) is 18.2 Å². The van der Waals surface area contributed by atoms with Crippen molar-refractivity contribution >= 4 is 28.1 Å². The number of carboxylic acid groups (broad SMARTS) is 1. The van der Waals surface area contributed by atoms with E-state index in [4.69, 9.17) is 9.84 Å². The Bertz CT molecular complexity index is 1050. The van der Waals surface area contributed by atoms with Gasteiger partial charge in [-0.15, -0.1) is 0 Å². The molecule has 3 rings (SSSR count). The van der Waals surface area contributed by atoms with Crippen LogP contribution >= 0.6 is 0 Å². The number of hydrogen-bond acceptors (Lipinski definition) is 6. The van der Waals surface area contributed by atoms with E-state index in [0.29, 0.717) is 18.8 Å². The molecule has 1 amide bonds. The van der Waals surface area contributed by atoms with Crippen LogP contribution in [-0.2, 0) is 14.8 Å². The van der Waals surface area contributed by atoms with Crippen molar-refractivity contribution in [2.24, 2.45) is 5.10 Å². The molecule has 0 saturated carbocycles. The lowest BCUT2D eigenvalue weighted by atomic mass is 10.1. The minimum Gasteiger partial charge on any atom is -0.478 e. The molecule has 0 spiro atoms. The number of nitrogens with zero attached hydrogens (tertiary/aromatic N) is 2. The number of benzene rings is 2. The van der Waals surface area contributed by atoms with Crippen molar-refractivity contribution in [3.8, 4) is 0 Å². The van der Waals surface area contributed by atoms with Crippen LogP contribution in [0.2, 0.25) is 0 Å². The van der Waals surface area contributed by atoms with Gasteiger partial charge in [-0.25, -0.2) is 18.6 Å². The highest BCUT2D eigenvalue weighted by molar-refractivity contribution is 7.89. The number of nitrogens with one attached hydrogen (secondary N) is 1. The maximum atomic E-state index is 12.7. The van der Waals surface area contributed by atoms with Crippen molar-refractivity contribution in [1.82, 2.24) is 9.73 Å². The molecule has 1 fully saturated rings. The molecule has 0 atom stereocenters. The van der Waals surface area contributed by atoms with Crippen molar-refractivity contribution in [2.45, 2.75) is 4.90 Å². The zero-order valence-corrected chi connectivity index (χ0v) is 16.1. The van der Waals surface area contributed by atoms with Crippen molar-refractivity contribution in [3.63, 3.8) is 0 Å². The van der Waals surface area contributed by atoms with Gasteiger partial charge in [0.05, 0.1) is 29.9 Å². The fourth-order valence-electron chi connectivity index (χ4n) is 2.76. The van der Waals surface area contributed by atoms with E-state index < -0.39 is 21.9 Å². The molecule has 10 heteroatoms. The average molecular weight is 417 g/mol. The third kappa shape index (κ3) is 4.86. The molecule has 152 valence electrons. The predicted molar refractivity (Wildman–Crippen MR) is 104 cm³/mol. The smallest absolute Gasteiger partial charge is 0.336 e. The minimum absolute atomic E-state index is 0.00672. The number of hydrazone groups is 1. The number of aromatic carboxylic acids is 1. The summed E-state index contributed by atoms with van der Waals surface area (Å²) >= 11 is 0. The van der Waals surface area contributed by atoms with Crippen LogP contribution in [0.5, 0.6) is 0 Å². The SMILES string of the molecule is O=C(N/N=C\c1ccccc1C(=O)O)c1cccc(S(=O)(=O)N2CCOCC2)c1. The van der Waals surface area contributed by atoms with Crippen molar-refractivity contribution in [1.29, 1.82) is 0 Å². The zero-order valence-electron chi connectivity index (χ0n) is 15.3. The monoisotopic (exact) mass is 417 g/mol. The van der Waals surface area contributed by atoms with Crippen LogP contribution in [0.1, 0.15) is 26.3 Å².